The highest BCUT2D eigenvalue weighted by Gasteiger charge is 2.29. The van der Waals surface area contributed by atoms with Crippen molar-refractivity contribution in [1.82, 2.24) is 4.72 Å². The molecule has 1 atom stereocenters. The van der Waals surface area contributed by atoms with Gasteiger partial charge >= 0.3 is 5.97 Å². The van der Waals surface area contributed by atoms with E-state index in [2.05, 4.69) is 0 Å². The van der Waals surface area contributed by atoms with E-state index < -0.39 is 37.5 Å². The smallest absolute Gasteiger partial charge is 0.321 e. The first-order valence-electron chi connectivity index (χ1n) is 5.78. The summed E-state index contributed by atoms with van der Waals surface area (Å²) in [5.74, 6) is -1.32. The van der Waals surface area contributed by atoms with Crippen molar-refractivity contribution in [3.05, 3.63) is 34.4 Å². The van der Waals surface area contributed by atoms with Gasteiger partial charge in [-0.05, 0) is 12.5 Å². The van der Waals surface area contributed by atoms with Gasteiger partial charge in [0.1, 0.15) is 6.04 Å². The van der Waals surface area contributed by atoms with E-state index >= 15 is 0 Å². The summed E-state index contributed by atoms with van der Waals surface area (Å²) < 4.78 is 26.1. The number of hydrogen-bond acceptors (Lipinski definition) is 5. The monoisotopic (exact) mass is 302 g/mol. The Morgan fingerprint density at radius 2 is 2.05 bits per heavy atom. The summed E-state index contributed by atoms with van der Waals surface area (Å²) in [6.45, 7) is 1.70. The van der Waals surface area contributed by atoms with Crippen LogP contribution in [0.2, 0.25) is 0 Å². The van der Waals surface area contributed by atoms with Crippen LogP contribution in [0.1, 0.15) is 19.8 Å². The molecule has 0 bridgehead atoms. The second-order valence-corrected chi connectivity index (χ2v) is 5.71. The average Bonchev–Trinajstić information content (AvgIpc) is 2.38. The number of nitro groups is 1. The highest BCUT2D eigenvalue weighted by atomic mass is 32.2. The van der Waals surface area contributed by atoms with Crippen LogP contribution in [0.4, 0.5) is 5.69 Å². The Morgan fingerprint density at radius 3 is 2.55 bits per heavy atom. The van der Waals surface area contributed by atoms with Crippen molar-refractivity contribution < 1.29 is 23.2 Å². The third-order valence-electron chi connectivity index (χ3n) is 2.52. The molecule has 0 heterocycles. The minimum atomic E-state index is -4.27. The zero-order valence-corrected chi connectivity index (χ0v) is 11.5. The number of nitrogens with zero attached hydrogens (tertiary/aromatic N) is 1. The Balaban J connectivity index is 3.17. The van der Waals surface area contributed by atoms with E-state index in [1.165, 1.54) is 12.1 Å². The minimum Gasteiger partial charge on any atom is -0.480 e. The highest BCUT2D eigenvalue weighted by molar-refractivity contribution is 7.89. The van der Waals surface area contributed by atoms with Gasteiger partial charge in [-0.2, -0.15) is 4.72 Å². The summed E-state index contributed by atoms with van der Waals surface area (Å²) in [6, 6.07) is 3.45. The predicted octanol–water partition coefficient (Wildman–Crippen LogP) is 1.13. The molecular weight excluding hydrogens is 288 g/mol. The lowest BCUT2D eigenvalue weighted by Crippen LogP contribution is -2.40. The maximum atomic E-state index is 12.1. The van der Waals surface area contributed by atoms with E-state index in [1.807, 2.05) is 4.72 Å². The van der Waals surface area contributed by atoms with Gasteiger partial charge in [0.25, 0.3) is 5.69 Å². The number of nitrogens with one attached hydrogen (secondary N) is 1. The number of benzene rings is 1. The van der Waals surface area contributed by atoms with Crippen molar-refractivity contribution in [3.63, 3.8) is 0 Å². The molecule has 8 nitrogen and oxygen atoms in total. The molecule has 0 spiro atoms. The zero-order chi connectivity index (χ0) is 15.3. The summed E-state index contributed by atoms with van der Waals surface area (Å²) in [4.78, 5) is 20.4. The molecule has 0 aliphatic rings. The van der Waals surface area contributed by atoms with Gasteiger partial charge in [0.2, 0.25) is 10.0 Å². The van der Waals surface area contributed by atoms with Crippen molar-refractivity contribution in [3.8, 4) is 0 Å². The van der Waals surface area contributed by atoms with E-state index in [-0.39, 0.29) is 6.42 Å². The topological polar surface area (TPSA) is 127 Å². The quantitative estimate of drug-likeness (QED) is 0.574. The number of carboxylic acid groups (broad SMARTS) is 1. The van der Waals surface area contributed by atoms with E-state index in [1.54, 1.807) is 6.92 Å². The van der Waals surface area contributed by atoms with Gasteiger partial charge in [-0.3, -0.25) is 14.9 Å². The summed E-state index contributed by atoms with van der Waals surface area (Å²) in [6.07, 6.45) is 0.547. The lowest BCUT2D eigenvalue weighted by molar-refractivity contribution is -0.387. The molecule has 20 heavy (non-hydrogen) atoms. The molecule has 0 fully saturated rings. The number of aliphatic carboxylic acids is 1. The van der Waals surface area contributed by atoms with Gasteiger partial charge in [0.05, 0.1) is 4.92 Å². The number of rotatable bonds is 7. The van der Waals surface area contributed by atoms with Gasteiger partial charge in [-0.15, -0.1) is 0 Å². The fraction of sp³-hybridized carbons (Fsp3) is 0.364. The number of carboxylic acids is 1. The van der Waals surface area contributed by atoms with Crippen LogP contribution in [0.15, 0.2) is 29.2 Å². The number of nitro benzene ring substituents is 1. The second kappa shape index (κ2) is 6.44. The van der Waals surface area contributed by atoms with Crippen LogP contribution in [0, 0.1) is 10.1 Å². The predicted molar refractivity (Wildman–Crippen MR) is 69.7 cm³/mol. The molecule has 110 valence electrons. The first kappa shape index (κ1) is 16.1. The summed E-state index contributed by atoms with van der Waals surface area (Å²) >= 11 is 0. The molecule has 0 unspecified atom stereocenters. The van der Waals surface area contributed by atoms with Crippen molar-refractivity contribution in [2.24, 2.45) is 0 Å². The lowest BCUT2D eigenvalue weighted by atomic mass is 10.2. The first-order valence-corrected chi connectivity index (χ1v) is 7.26. The molecule has 9 heteroatoms. The normalized spacial score (nSPS) is 12.8. The maximum absolute atomic E-state index is 12.1. The Morgan fingerprint density at radius 1 is 1.45 bits per heavy atom. The Labute approximate surface area is 115 Å². The van der Waals surface area contributed by atoms with Gasteiger partial charge in [-0.25, -0.2) is 8.42 Å². The fourth-order valence-corrected chi connectivity index (χ4v) is 3.00. The number of hydrogen-bond donors (Lipinski definition) is 2. The molecule has 0 saturated carbocycles. The van der Waals surface area contributed by atoms with Crippen molar-refractivity contribution >= 4 is 21.7 Å². The molecule has 0 amide bonds. The molecule has 0 saturated heterocycles. The van der Waals surface area contributed by atoms with Crippen molar-refractivity contribution in [1.29, 1.82) is 0 Å². The maximum Gasteiger partial charge on any atom is 0.321 e. The molecular formula is C11H14N2O6S. The fourth-order valence-electron chi connectivity index (χ4n) is 1.61. The number of sulfonamides is 1. The first-order chi connectivity index (χ1) is 9.29. The van der Waals surface area contributed by atoms with E-state index in [4.69, 9.17) is 5.11 Å². The molecule has 1 aromatic rings. The number of para-hydroxylation sites is 1. The van der Waals surface area contributed by atoms with Crippen LogP contribution in [-0.2, 0) is 14.8 Å². The minimum absolute atomic E-state index is 0.0925. The average molecular weight is 302 g/mol. The molecule has 0 aromatic heterocycles. The van der Waals surface area contributed by atoms with Crippen molar-refractivity contribution in [2.75, 3.05) is 0 Å². The van der Waals surface area contributed by atoms with E-state index in [9.17, 15) is 23.3 Å². The largest absolute Gasteiger partial charge is 0.480 e. The zero-order valence-electron chi connectivity index (χ0n) is 10.6. The molecule has 1 aromatic carbocycles. The van der Waals surface area contributed by atoms with Crippen LogP contribution in [0.5, 0.6) is 0 Å². The van der Waals surface area contributed by atoms with Crippen LogP contribution in [0.25, 0.3) is 0 Å². The molecule has 0 aliphatic carbocycles. The summed E-state index contributed by atoms with van der Waals surface area (Å²) in [5.41, 5.74) is -0.597. The standard InChI is InChI=1S/C11H14N2O6S/c1-2-5-8(11(14)15)12-20(18,19)10-7-4-3-6-9(10)13(16)17/h3-4,6-8,12H,2,5H2,1H3,(H,14,15)/t8-/m0/s1. The number of carbonyl (C=O) groups is 1. The van der Waals surface area contributed by atoms with Gasteiger partial charge in [0, 0.05) is 6.07 Å². The van der Waals surface area contributed by atoms with Crippen molar-refractivity contribution in [2.45, 2.75) is 30.7 Å². The van der Waals surface area contributed by atoms with Crippen LogP contribution in [0.3, 0.4) is 0 Å². The summed E-state index contributed by atoms with van der Waals surface area (Å²) in [7, 11) is -4.27. The second-order valence-electron chi connectivity index (χ2n) is 4.03. The van der Waals surface area contributed by atoms with E-state index in [0.29, 0.717) is 6.42 Å². The molecule has 2 N–H and O–H groups in total. The van der Waals surface area contributed by atoms with Gasteiger partial charge < -0.3 is 5.11 Å². The molecule has 0 radical (unpaired) electrons. The third-order valence-corrected chi connectivity index (χ3v) is 4.04. The Hall–Kier alpha value is -2.00. The van der Waals surface area contributed by atoms with Gasteiger partial charge in [0.15, 0.2) is 4.90 Å². The molecule has 0 aliphatic heterocycles. The van der Waals surface area contributed by atoms with Crippen LogP contribution < -0.4 is 4.72 Å². The van der Waals surface area contributed by atoms with Crippen LogP contribution in [-0.4, -0.2) is 30.5 Å². The van der Waals surface area contributed by atoms with Gasteiger partial charge in [-0.1, -0.05) is 25.5 Å². The summed E-state index contributed by atoms with van der Waals surface area (Å²) in [5, 5.41) is 19.7. The SMILES string of the molecule is CCC[C@H](NS(=O)(=O)c1ccccc1[N+](=O)[O-])C(=O)O. The third kappa shape index (κ3) is 3.75. The van der Waals surface area contributed by atoms with E-state index in [0.717, 1.165) is 12.1 Å². The highest BCUT2D eigenvalue weighted by Crippen LogP contribution is 2.23. The Kier molecular flexibility index (Phi) is 5.17. The van der Waals surface area contributed by atoms with Crippen LogP contribution >= 0.6 is 0 Å². The Bertz CT molecular complexity index is 613. The molecule has 1 rings (SSSR count). The lowest BCUT2D eigenvalue weighted by Gasteiger charge is -2.13.